The zero-order valence-corrected chi connectivity index (χ0v) is 12.4. The van der Waals surface area contributed by atoms with E-state index in [4.69, 9.17) is 0 Å². The Bertz CT molecular complexity index is 643. The Morgan fingerprint density at radius 3 is 2.38 bits per heavy atom. The van der Waals surface area contributed by atoms with Gasteiger partial charge in [-0.3, -0.25) is 0 Å². The lowest BCUT2D eigenvalue weighted by Gasteiger charge is -2.22. The van der Waals surface area contributed by atoms with Crippen LogP contribution in [-0.2, 0) is 0 Å². The summed E-state index contributed by atoms with van der Waals surface area (Å²) in [5.41, 5.74) is 2.06. The van der Waals surface area contributed by atoms with E-state index in [0.717, 1.165) is 5.56 Å². The number of halogens is 1. The standard InChI is InChI=1S/C17H20FNO2/c1-10-4-5-13(8-16(10)18)11(2)19-12(3)15-9-14(20)6-7-17(15)21/h4-9,11-12,19-21H,1-3H3. The summed E-state index contributed by atoms with van der Waals surface area (Å²) in [6.45, 7) is 5.54. The summed E-state index contributed by atoms with van der Waals surface area (Å²) < 4.78 is 13.6. The molecule has 0 aliphatic rings. The molecule has 0 aromatic heterocycles. The Labute approximate surface area is 124 Å². The van der Waals surface area contributed by atoms with Crippen LogP contribution in [0.1, 0.15) is 42.6 Å². The molecule has 2 rings (SSSR count). The smallest absolute Gasteiger partial charge is 0.126 e. The van der Waals surface area contributed by atoms with Crippen molar-refractivity contribution in [1.29, 1.82) is 0 Å². The number of nitrogens with one attached hydrogen (secondary N) is 1. The van der Waals surface area contributed by atoms with Gasteiger partial charge >= 0.3 is 0 Å². The molecule has 0 saturated heterocycles. The quantitative estimate of drug-likeness (QED) is 0.747. The van der Waals surface area contributed by atoms with Crippen molar-refractivity contribution in [2.45, 2.75) is 32.9 Å². The molecule has 0 amide bonds. The molecule has 0 heterocycles. The van der Waals surface area contributed by atoms with Gasteiger partial charge in [-0.05, 0) is 56.2 Å². The number of hydrogen-bond donors (Lipinski definition) is 3. The predicted octanol–water partition coefficient (Wildman–Crippen LogP) is 3.96. The minimum Gasteiger partial charge on any atom is -0.508 e. The molecule has 4 heteroatoms. The molecule has 2 aromatic carbocycles. The molecule has 0 radical (unpaired) electrons. The van der Waals surface area contributed by atoms with Gasteiger partial charge in [0.05, 0.1) is 0 Å². The van der Waals surface area contributed by atoms with Gasteiger partial charge in [0.25, 0.3) is 0 Å². The SMILES string of the molecule is Cc1ccc(C(C)NC(C)c2cc(O)ccc2O)cc1F. The second-order valence-corrected chi connectivity index (χ2v) is 5.36. The van der Waals surface area contributed by atoms with Gasteiger partial charge in [0.2, 0.25) is 0 Å². The first-order valence-electron chi connectivity index (χ1n) is 6.92. The Kier molecular flexibility index (Phi) is 4.48. The summed E-state index contributed by atoms with van der Waals surface area (Å²) in [5, 5.41) is 22.7. The van der Waals surface area contributed by atoms with Crippen molar-refractivity contribution < 1.29 is 14.6 Å². The number of aromatic hydroxyl groups is 2. The number of phenolic OH excluding ortho intramolecular Hbond substituents is 2. The molecule has 0 spiro atoms. The van der Waals surface area contributed by atoms with Crippen LogP contribution in [0.15, 0.2) is 36.4 Å². The van der Waals surface area contributed by atoms with Crippen molar-refractivity contribution in [1.82, 2.24) is 5.32 Å². The van der Waals surface area contributed by atoms with E-state index < -0.39 is 0 Å². The highest BCUT2D eigenvalue weighted by Gasteiger charge is 2.15. The van der Waals surface area contributed by atoms with Crippen LogP contribution in [0, 0.1) is 12.7 Å². The molecule has 112 valence electrons. The van der Waals surface area contributed by atoms with Crippen LogP contribution in [-0.4, -0.2) is 10.2 Å². The second-order valence-electron chi connectivity index (χ2n) is 5.36. The van der Waals surface area contributed by atoms with Crippen LogP contribution in [0.4, 0.5) is 4.39 Å². The molecule has 0 aliphatic carbocycles. The van der Waals surface area contributed by atoms with Crippen LogP contribution in [0.25, 0.3) is 0 Å². The summed E-state index contributed by atoms with van der Waals surface area (Å²) in [4.78, 5) is 0. The van der Waals surface area contributed by atoms with Crippen molar-refractivity contribution in [2.24, 2.45) is 0 Å². The third-order valence-electron chi connectivity index (χ3n) is 3.67. The van der Waals surface area contributed by atoms with E-state index in [0.29, 0.717) is 11.1 Å². The molecule has 3 N–H and O–H groups in total. The first-order chi connectivity index (χ1) is 9.88. The summed E-state index contributed by atoms with van der Waals surface area (Å²) in [7, 11) is 0. The number of rotatable bonds is 4. The first kappa shape index (κ1) is 15.3. The summed E-state index contributed by atoms with van der Waals surface area (Å²) in [6.07, 6.45) is 0. The van der Waals surface area contributed by atoms with Gasteiger partial charge in [-0.1, -0.05) is 12.1 Å². The van der Waals surface area contributed by atoms with Crippen molar-refractivity contribution in [2.75, 3.05) is 0 Å². The maximum Gasteiger partial charge on any atom is 0.126 e. The molecular formula is C17H20FNO2. The Balaban J connectivity index is 2.16. The van der Waals surface area contributed by atoms with Gasteiger partial charge in [0.1, 0.15) is 17.3 Å². The molecular weight excluding hydrogens is 269 g/mol. The van der Waals surface area contributed by atoms with Crippen LogP contribution in [0.2, 0.25) is 0 Å². The normalized spacial score (nSPS) is 13.9. The highest BCUT2D eigenvalue weighted by molar-refractivity contribution is 5.40. The highest BCUT2D eigenvalue weighted by atomic mass is 19.1. The van der Waals surface area contributed by atoms with Gasteiger partial charge in [-0.25, -0.2) is 4.39 Å². The van der Waals surface area contributed by atoms with Crippen molar-refractivity contribution in [3.8, 4) is 11.5 Å². The Morgan fingerprint density at radius 1 is 1.00 bits per heavy atom. The first-order valence-corrected chi connectivity index (χ1v) is 6.92. The fraction of sp³-hybridized carbons (Fsp3) is 0.294. The second kappa shape index (κ2) is 6.14. The molecule has 2 atom stereocenters. The lowest BCUT2D eigenvalue weighted by molar-refractivity contribution is 0.429. The topological polar surface area (TPSA) is 52.5 Å². The zero-order chi connectivity index (χ0) is 15.6. The average molecular weight is 289 g/mol. The van der Waals surface area contributed by atoms with Crippen molar-refractivity contribution in [3.63, 3.8) is 0 Å². The minimum absolute atomic E-state index is 0.0863. The molecule has 0 bridgehead atoms. The lowest BCUT2D eigenvalue weighted by atomic mass is 10.0. The molecule has 3 nitrogen and oxygen atoms in total. The molecule has 0 fully saturated rings. The maximum atomic E-state index is 13.6. The summed E-state index contributed by atoms with van der Waals surface area (Å²) in [5.74, 6) is -0.00502. The van der Waals surface area contributed by atoms with E-state index in [9.17, 15) is 14.6 Å². The number of hydrogen-bond acceptors (Lipinski definition) is 3. The number of aryl methyl sites for hydroxylation is 1. The highest BCUT2D eigenvalue weighted by Crippen LogP contribution is 2.29. The van der Waals surface area contributed by atoms with Crippen LogP contribution in [0.5, 0.6) is 11.5 Å². The van der Waals surface area contributed by atoms with E-state index >= 15 is 0 Å². The van der Waals surface area contributed by atoms with Gasteiger partial charge in [0, 0.05) is 17.6 Å². The van der Waals surface area contributed by atoms with Crippen LogP contribution in [0.3, 0.4) is 0 Å². The van der Waals surface area contributed by atoms with Crippen LogP contribution >= 0.6 is 0 Å². The molecule has 0 aliphatic heterocycles. The summed E-state index contributed by atoms with van der Waals surface area (Å²) in [6, 6.07) is 9.29. The van der Waals surface area contributed by atoms with Gasteiger partial charge < -0.3 is 15.5 Å². The molecule has 2 unspecified atom stereocenters. The van der Waals surface area contributed by atoms with E-state index in [-0.39, 0.29) is 29.4 Å². The van der Waals surface area contributed by atoms with Gasteiger partial charge in [-0.15, -0.1) is 0 Å². The fourth-order valence-electron chi connectivity index (χ4n) is 2.33. The molecule has 21 heavy (non-hydrogen) atoms. The average Bonchev–Trinajstić information content (AvgIpc) is 2.44. The lowest BCUT2D eigenvalue weighted by Crippen LogP contribution is -2.22. The van der Waals surface area contributed by atoms with E-state index in [1.807, 2.05) is 19.9 Å². The monoisotopic (exact) mass is 289 g/mol. The van der Waals surface area contributed by atoms with Crippen molar-refractivity contribution >= 4 is 0 Å². The predicted molar refractivity (Wildman–Crippen MR) is 80.9 cm³/mol. The molecule has 0 saturated carbocycles. The third-order valence-corrected chi connectivity index (χ3v) is 3.67. The van der Waals surface area contributed by atoms with Gasteiger partial charge in [-0.2, -0.15) is 0 Å². The largest absolute Gasteiger partial charge is 0.508 e. The minimum atomic E-state index is -0.228. The third kappa shape index (κ3) is 3.52. The number of phenols is 2. The number of benzene rings is 2. The van der Waals surface area contributed by atoms with Gasteiger partial charge in [0.15, 0.2) is 0 Å². The van der Waals surface area contributed by atoms with E-state index in [2.05, 4.69) is 5.32 Å². The zero-order valence-electron chi connectivity index (χ0n) is 12.4. The molecule has 2 aromatic rings. The van der Waals surface area contributed by atoms with E-state index in [1.54, 1.807) is 13.0 Å². The Morgan fingerprint density at radius 2 is 1.71 bits per heavy atom. The summed E-state index contributed by atoms with van der Waals surface area (Å²) >= 11 is 0. The van der Waals surface area contributed by atoms with E-state index in [1.165, 1.54) is 24.3 Å². The van der Waals surface area contributed by atoms with Crippen molar-refractivity contribution in [3.05, 3.63) is 58.9 Å². The maximum absolute atomic E-state index is 13.6. The Hall–Kier alpha value is -2.07. The fourth-order valence-corrected chi connectivity index (χ4v) is 2.33. The van der Waals surface area contributed by atoms with Crippen LogP contribution < -0.4 is 5.32 Å².